The van der Waals surface area contributed by atoms with E-state index in [4.69, 9.17) is 4.74 Å². The fourth-order valence-corrected chi connectivity index (χ4v) is 2.97. The van der Waals surface area contributed by atoms with Crippen LogP contribution < -0.4 is 15.0 Å². The summed E-state index contributed by atoms with van der Waals surface area (Å²) in [4.78, 5) is 7.11. The van der Waals surface area contributed by atoms with Crippen LogP contribution in [0.3, 0.4) is 0 Å². The first-order chi connectivity index (χ1) is 8.88. The van der Waals surface area contributed by atoms with Crippen molar-refractivity contribution in [1.29, 1.82) is 0 Å². The lowest BCUT2D eigenvalue weighted by atomic mass is 10.00. The van der Waals surface area contributed by atoms with E-state index < -0.39 is 0 Å². The maximum atomic E-state index is 5.25. The lowest BCUT2D eigenvalue weighted by Crippen LogP contribution is -2.45. The third-order valence-electron chi connectivity index (χ3n) is 3.99. The van der Waals surface area contributed by atoms with Crippen LogP contribution in [0.4, 0.5) is 11.5 Å². The molecule has 0 saturated carbocycles. The van der Waals surface area contributed by atoms with Gasteiger partial charge in [0, 0.05) is 25.2 Å². The van der Waals surface area contributed by atoms with Gasteiger partial charge in [0.2, 0.25) is 5.88 Å². The van der Waals surface area contributed by atoms with E-state index in [0.717, 1.165) is 24.6 Å². The lowest BCUT2D eigenvalue weighted by molar-refractivity contribution is 0.395. The maximum Gasteiger partial charge on any atom is 0.215 e. The number of hydrogen-bond acceptors (Lipinski definition) is 4. The van der Waals surface area contributed by atoms with Gasteiger partial charge in [0.05, 0.1) is 12.8 Å². The van der Waals surface area contributed by atoms with E-state index in [1.165, 1.54) is 32.1 Å². The molecule has 3 rings (SSSR count). The van der Waals surface area contributed by atoms with Crippen LogP contribution in [0.2, 0.25) is 0 Å². The number of fused-ring (bicyclic) bond motifs is 3. The van der Waals surface area contributed by atoms with Gasteiger partial charge >= 0.3 is 0 Å². The highest BCUT2D eigenvalue weighted by atomic mass is 16.5. The van der Waals surface area contributed by atoms with Crippen molar-refractivity contribution in [2.24, 2.45) is 0 Å². The van der Waals surface area contributed by atoms with Crippen molar-refractivity contribution in [2.75, 3.05) is 30.4 Å². The summed E-state index contributed by atoms with van der Waals surface area (Å²) >= 11 is 0. The summed E-state index contributed by atoms with van der Waals surface area (Å²) in [5, 5.41) is 3.50. The summed E-state index contributed by atoms with van der Waals surface area (Å²) in [5.74, 6) is 1.78. The molecule has 0 aliphatic carbocycles. The zero-order valence-electron chi connectivity index (χ0n) is 11.0. The molecule has 0 aromatic carbocycles. The van der Waals surface area contributed by atoms with Gasteiger partial charge in [0.1, 0.15) is 0 Å². The molecule has 4 nitrogen and oxygen atoms in total. The summed E-state index contributed by atoms with van der Waals surface area (Å²) in [6.45, 7) is 2.17. The van der Waals surface area contributed by atoms with E-state index in [0.29, 0.717) is 11.9 Å². The summed E-state index contributed by atoms with van der Waals surface area (Å²) in [5.41, 5.74) is 1.15. The Labute approximate surface area is 108 Å². The number of nitrogens with zero attached hydrogens (tertiary/aromatic N) is 2. The fraction of sp³-hybridized carbons (Fsp3) is 0.643. The number of hydrogen-bond donors (Lipinski definition) is 1. The van der Waals surface area contributed by atoms with E-state index in [1.807, 2.05) is 6.07 Å². The first kappa shape index (κ1) is 11.6. The Bertz CT molecular complexity index is 422. The standard InChI is InChI=1S/C14H21N3O/c1-18-13-8-7-12-14(16-13)17-9-5-3-2-4-6-11(17)10-15-12/h7-8,11,15H,2-6,9-10H2,1H3. The normalized spacial score (nSPS) is 23.2. The summed E-state index contributed by atoms with van der Waals surface area (Å²) in [6.07, 6.45) is 6.60. The molecular formula is C14H21N3O. The highest BCUT2D eigenvalue weighted by Gasteiger charge is 2.27. The van der Waals surface area contributed by atoms with Gasteiger partial charge in [0.15, 0.2) is 5.82 Å². The largest absolute Gasteiger partial charge is 0.481 e. The topological polar surface area (TPSA) is 37.4 Å². The summed E-state index contributed by atoms with van der Waals surface area (Å²) in [6, 6.07) is 4.60. The minimum Gasteiger partial charge on any atom is -0.481 e. The molecule has 2 aliphatic rings. The summed E-state index contributed by atoms with van der Waals surface area (Å²) in [7, 11) is 1.68. The second kappa shape index (κ2) is 5.04. The molecule has 1 unspecified atom stereocenters. The molecule has 98 valence electrons. The summed E-state index contributed by atoms with van der Waals surface area (Å²) < 4.78 is 5.25. The Hall–Kier alpha value is -1.45. The lowest BCUT2D eigenvalue weighted by Gasteiger charge is -2.39. The molecule has 1 saturated heterocycles. The smallest absolute Gasteiger partial charge is 0.215 e. The Morgan fingerprint density at radius 3 is 3.06 bits per heavy atom. The van der Waals surface area contributed by atoms with Gasteiger partial charge in [-0.15, -0.1) is 0 Å². The predicted molar refractivity (Wildman–Crippen MR) is 73.5 cm³/mol. The molecule has 0 spiro atoms. The third-order valence-corrected chi connectivity index (χ3v) is 3.99. The molecule has 18 heavy (non-hydrogen) atoms. The molecule has 1 N–H and O–H groups in total. The zero-order chi connectivity index (χ0) is 12.4. The van der Waals surface area contributed by atoms with E-state index in [2.05, 4.69) is 21.3 Å². The number of nitrogens with one attached hydrogen (secondary N) is 1. The van der Waals surface area contributed by atoms with Crippen molar-refractivity contribution in [3.8, 4) is 5.88 Å². The van der Waals surface area contributed by atoms with Crippen LogP contribution in [-0.4, -0.2) is 31.2 Å². The van der Waals surface area contributed by atoms with Crippen molar-refractivity contribution in [3.63, 3.8) is 0 Å². The van der Waals surface area contributed by atoms with Gasteiger partial charge in [-0.05, 0) is 18.9 Å². The number of aromatic nitrogens is 1. The molecular weight excluding hydrogens is 226 g/mol. The van der Waals surface area contributed by atoms with Crippen molar-refractivity contribution in [3.05, 3.63) is 12.1 Å². The Kier molecular flexibility index (Phi) is 3.26. The van der Waals surface area contributed by atoms with Gasteiger partial charge in [0.25, 0.3) is 0 Å². The molecule has 1 aromatic rings. The Morgan fingerprint density at radius 1 is 1.28 bits per heavy atom. The van der Waals surface area contributed by atoms with Crippen molar-refractivity contribution in [1.82, 2.24) is 4.98 Å². The molecule has 1 aromatic heterocycles. The van der Waals surface area contributed by atoms with Gasteiger partial charge in [-0.25, -0.2) is 0 Å². The number of methoxy groups -OCH3 is 1. The molecule has 3 heterocycles. The van der Waals surface area contributed by atoms with Gasteiger partial charge in [-0.3, -0.25) is 0 Å². The van der Waals surface area contributed by atoms with Crippen LogP contribution in [0.15, 0.2) is 12.1 Å². The van der Waals surface area contributed by atoms with Crippen LogP contribution in [0, 0.1) is 0 Å². The highest BCUT2D eigenvalue weighted by Crippen LogP contribution is 2.34. The van der Waals surface area contributed by atoms with Crippen LogP contribution in [0.25, 0.3) is 0 Å². The van der Waals surface area contributed by atoms with Gasteiger partial charge in [-0.1, -0.05) is 19.3 Å². The molecule has 1 fully saturated rings. The average Bonchev–Trinajstić information content (AvgIpc) is 2.38. The van der Waals surface area contributed by atoms with Crippen molar-refractivity contribution < 1.29 is 4.74 Å². The van der Waals surface area contributed by atoms with E-state index >= 15 is 0 Å². The molecule has 0 bridgehead atoms. The number of rotatable bonds is 1. The van der Waals surface area contributed by atoms with Crippen molar-refractivity contribution in [2.45, 2.75) is 38.1 Å². The van der Waals surface area contributed by atoms with Gasteiger partial charge in [-0.2, -0.15) is 4.98 Å². The zero-order valence-corrected chi connectivity index (χ0v) is 11.0. The minimum absolute atomic E-state index is 0.595. The fourth-order valence-electron chi connectivity index (χ4n) is 2.97. The predicted octanol–water partition coefficient (Wildman–Crippen LogP) is 2.65. The number of ether oxygens (including phenoxy) is 1. The molecule has 0 amide bonds. The Morgan fingerprint density at radius 2 is 2.17 bits per heavy atom. The second-order valence-corrected chi connectivity index (χ2v) is 5.16. The van der Waals surface area contributed by atoms with Crippen LogP contribution in [0.1, 0.15) is 32.1 Å². The van der Waals surface area contributed by atoms with Gasteiger partial charge < -0.3 is 15.0 Å². The van der Waals surface area contributed by atoms with E-state index in [1.54, 1.807) is 7.11 Å². The minimum atomic E-state index is 0.595. The monoisotopic (exact) mass is 247 g/mol. The SMILES string of the molecule is COc1ccc2c(n1)N1CCCCCCC1CN2. The van der Waals surface area contributed by atoms with Crippen molar-refractivity contribution >= 4 is 11.5 Å². The quantitative estimate of drug-likeness (QED) is 0.828. The Balaban J connectivity index is 1.92. The van der Waals surface area contributed by atoms with E-state index in [-0.39, 0.29) is 0 Å². The third kappa shape index (κ3) is 2.11. The highest BCUT2D eigenvalue weighted by molar-refractivity contribution is 5.69. The van der Waals surface area contributed by atoms with Crippen LogP contribution in [0.5, 0.6) is 5.88 Å². The average molecular weight is 247 g/mol. The molecule has 0 radical (unpaired) electrons. The second-order valence-electron chi connectivity index (χ2n) is 5.16. The first-order valence-corrected chi connectivity index (χ1v) is 6.94. The number of anilines is 2. The van der Waals surface area contributed by atoms with Crippen LogP contribution >= 0.6 is 0 Å². The maximum absolute atomic E-state index is 5.25. The molecule has 1 atom stereocenters. The van der Waals surface area contributed by atoms with E-state index in [9.17, 15) is 0 Å². The van der Waals surface area contributed by atoms with Crippen LogP contribution in [-0.2, 0) is 0 Å². The molecule has 2 aliphatic heterocycles. The number of pyridine rings is 1. The molecule has 4 heteroatoms. The first-order valence-electron chi connectivity index (χ1n) is 6.94.